The van der Waals surface area contributed by atoms with Crippen molar-refractivity contribution < 1.29 is 0 Å². The minimum Gasteiger partial charge on any atom is -0.307 e. The molecular weight excluding hydrogens is 194 g/mol. The quantitative estimate of drug-likeness (QED) is 0.787. The zero-order valence-corrected chi connectivity index (χ0v) is 11.2. The Morgan fingerprint density at radius 2 is 1.75 bits per heavy atom. The largest absolute Gasteiger partial charge is 0.307 e. The summed E-state index contributed by atoms with van der Waals surface area (Å²) in [5.41, 5.74) is 2.79. The average molecular weight is 219 g/mol. The zero-order valence-electron chi connectivity index (χ0n) is 11.2. The van der Waals surface area contributed by atoms with Gasteiger partial charge in [-0.2, -0.15) is 0 Å². The van der Waals surface area contributed by atoms with Crippen LogP contribution in [0.5, 0.6) is 0 Å². The molecule has 0 fully saturated rings. The minimum absolute atomic E-state index is 0.438. The van der Waals surface area contributed by atoms with E-state index in [4.69, 9.17) is 0 Å². The third kappa shape index (κ3) is 3.34. The van der Waals surface area contributed by atoms with Gasteiger partial charge in [0.15, 0.2) is 0 Å². The maximum Gasteiger partial charge on any atom is 0.0297 e. The Kier molecular flexibility index (Phi) is 5.01. The van der Waals surface area contributed by atoms with Crippen LogP contribution >= 0.6 is 0 Å². The summed E-state index contributed by atoms with van der Waals surface area (Å²) in [4.78, 5) is 0. The van der Waals surface area contributed by atoms with Gasteiger partial charge in [0, 0.05) is 12.1 Å². The number of hydrogen-bond donors (Lipinski definition) is 1. The number of nitrogens with one attached hydrogen (secondary N) is 1. The van der Waals surface area contributed by atoms with Crippen LogP contribution in [0.25, 0.3) is 0 Å². The Balaban J connectivity index is 2.72. The zero-order chi connectivity index (χ0) is 12.1. The van der Waals surface area contributed by atoms with E-state index in [1.807, 2.05) is 0 Å². The first kappa shape index (κ1) is 13.2. The Morgan fingerprint density at radius 3 is 2.25 bits per heavy atom. The molecule has 0 aromatic heterocycles. The Labute approximate surface area is 100 Å². The van der Waals surface area contributed by atoms with E-state index in [-0.39, 0.29) is 0 Å². The van der Waals surface area contributed by atoms with E-state index >= 15 is 0 Å². The van der Waals surface area contributed by atoms with Gasteiger partial charge in [-0.15, -0.1) is 0 Å². The molecule has 0 saturated heterocycles. The lowest BCUT2D eigenvalue weighted by Gasteiger charge is -2.26. The predicted molar refractivity (Wildman–Crippen MR) is 71.6 cm³/mol. The van der Waals surface area contributed by atoms with E-state index in [0.717, 1.165) is 0 Å². The van der Waals surface area contributed by atoms with Crippen molar-refractivity contribution in [1.82, 2.24) is 5.32 Å². The standard InChI is InChI=1S/C15H25N/c1-6-15(11(2)3)16-13(5)14-10-8-7-9-12(14)4/h7-11,13,15-16H,6H2,1-5H3/t13-,15?/m0/s1. The maximum atomic E-state index is 3.72. The SMILES string of the molecule is CCC(N[C@@H](C)c1ccccc1C)C(C)C. The van der Waals surface area contributed by atoms with Gasteiger partial charge in [-0.1, -0.05) is 45.0 Å². The molecule has 0 bridgehead atoms. The molecule has 1 aromatic rings. The van der Waals surface area contributed by atoms with Crippen molar-refractivity contribution in [3.63, 3.8) is 0 Å². The minimum atomic E-state index is 0.438. The van der Waals surface area contributed by atoms with E-state index < -0.39 is 0 Å². The van der Waals surface area contributed by atoms with Crippen molar-refractivity contribution >= 4 is 0 Å². The first-order chi connectivity index (χ1) is 7.56. The van der Waals surface area contributed by atoms with Gasteiger partial charge in [0.25, 0.3) is 0 Å². The molecule has 1 rings (SSSR count). The lowest BCUT2D eigenvalue weighted by atomic mass is 9.97. The molecule has 0 amide bonds. The van der Waals surface area contributed by atoms with Crippen molar-refractivity contribution in [1.29, 1.82) is 0 Å². The number of hydrogen-bond acceptors (Lipinski definition) is 1. The molecule has 0 aliphatic heterocycles. The molecule has 1 unspecified atom stereocenters. The number of rotatable bonds is 5. The van der Waals surface area contributed by atoms with Gasteiger partial charge in [0.2, 0.25) is 0 Å². The van der Waals surface area contributed by atoms with Gasteiger partial charge in [-0.25, -0.2) is 0 Å². The van der Waals surface area contributed by atoms with Gasteiger partial charge < -0.3 is 5.32 Å². The van der Waals surface area contributed by atoms with E-state index in [1.165, 1.54) is 17.5 Å². The van der Waals surface area contributed by atoms with Gasteiger partial charge in [-0.05, 0) is 37.3 Å². The summed E-state index contributed by atoms with van der Waals surface area (Å²) in [6.07, 6.45) is 1.19. The van der Waals surface area contributed by atoms with Crippen LogP contribution in [0.3, 0.4) is 0 Å². The van der Waals surface area contributed by atoms with Crippen LogP contribution < -0.4 is 5.32 Å². The van der Waals surface area contributed by atoms with Crippen LogP contribution in [0.2, 0.25) is 0 Å². The second kappa shape index (κ2) is 6.05. The molecule has 0 spiro atoms. The summed E-state index contributed by atoms with van der Waals surface area (Å²) in [6, 6.07) is 9.68. The molecule has 0 radical (unpaired) electrons. The highest BCUT2D eigenvalue weighted by atomic mass is 14.9. The van der Waals surface area contributed by atoms with E-state index in [2.05, 4.69) is 64.2 Å². The molecule has 2 atom stereocenters. The van der Waals surface area contributed by atoms with Gasteiger partial charge in [-0.3, -0.25) is 0 Å². The van der Waals surface area contributed by atoms with E-state index in [1.54, 1.807) is 0 Å². The molecule has 0 heterocycles. The summed E-state index contributed by atoms with van der Waals surface area (Å²) in [7, 11) is 0. The average Bonchev–Trinajstić information content (AvgIpc) is 2.25. The lowest BCUT2D eigenvalue weighted by Crippen LogP contribution is -2.35. The summed E-state index contributed by atoms with van der Waals surface area (Å²) < 4.78 is 0. The third-order valence-corrected chi connectivity index (χ3v) is 3.36. The first-order valence-electron chi connectivity index (χ1n) is 6.37. The van der Waals surface area contributed by atoms with Crippen LogP contribution in [0.15, 0.2) is 24.3 Å². The molecule has 1 heteroatoms. The highest BCUT2D eigenvalue weighted by Gasteiger charge is 2.15. The first-order valence-corrected chi connectivity index (χ1v) is 6.37. The Hall–Kier alpha value is -0.820. The molecule has 1 nitrogen and oxygen atoms in total. The normalized spacial score (nSPS) is 15.1. The van der Waals surface area contributed by atoms with Crippen LogP contribution in [0, 0.1) is 12.8 Å². The molecule has 0 aliphatic rings. The molecule has 1 aromatic carbocycles. The summed E-state index contributed by atoms with van der Waals surface area (Å²) in [5.74, 6) is 0.691. The maximum absolute atomic E-state index is 3.72. The van der Waals surface area contributed by atoms with E-state index in [0.29, 0.717) is 18.0 Å². The van der Waals surface area contributed by atoms with Gasteiger partial charge >= 0.3 is 0 Å². The molecule has 90 valence electrons. The second-order valence-electron chi connectivity index (χ2n) is 5.00. The van der Waals surface area contributed by atoms with Crippen LogP contribution in [0.1, 0.15) is 51.3 Å². The van der Waals surface area contributed by atoms with Crippen LogP contribution in [-0.4, -0.2) is 6.04 Å². The van der Waals surface area contributed by atoms with Crippen molar-refractivity contribution in [3.8, 4) is 0 Å². The fourth-order valence-corrected chi connectivity index (χ4v) is 2.27. The molecule has 1 N–H and O–H groups in total. The third-order valence-electron chi connectivity index (χ3n) is 3.36. The fraction of sp³-hybridized carbons (Fsp3) is 0.600. The molecule has 0 aliphatic carbocycles. The highest BCUT2D eigenvalue weighted by Crippen LogP contribution is 2.19. The summed E-state index contributed by atoms with van der Waals surface area (Å²) >= 11 is 0. The lowest BCUT2D eigenvalue weighted by molar-refractivity contribution is 0.355. The summed E-state index contributed by atoms with van der Waals surface area (Å²) in [5, 5.41) is 3.72. The number of benzene rings is 1. The van der Waals surface area contributed by atoms with Gasteiger partial charge in [0.05, 0.1) is 0 Å². The predicted octanol–water partition coefficient (Wildman–Crippen LogP) is 4.08. The monoisotopic (exact) mass is 219 g/mol. The van der Waals surface area contributed by atoms with Gasteiger partial charge in [0.1, 0.15) is 0 Å². The van der Waals surface area contributed by atoms with Crippen molar-refractivity contribution in [2.75, 3.05) is 0 Å². The van der Waals surface area contributed by atoms with Crippen LogP contribution in [-0.2, 0) is 0 Å². The second-order valence-corrected chi connectivity index (χ2v) is 5.00. The van der Waals surface area contributed by atoms with Crippen molar-refractivity contribution in [3.05, 3.63) is 35.4 Å². The van der Waals surface area contributed by atoms with Crippen molar-refractivity contribution in [2.24, 2.45) is 5.92 Å². The van der Waals surface area contributed by atoms with Crippen molar-refractivity contribution in [2.45, 2.75) is 53.1 Å². The molecular formula is C15H25N. The Bertz CT molecular complexity index is 317. The van der Waals surface area contributed by atoms with E-state index in [9.17, 15) is 0 Å². The molecule has 0 saturated carbocycles. The fourth-order valence-electron chi connectivity index (χ4n) is 2.27. The highest BCUT2D eigenvalue weighted by molar-refractivity contribution is 5.28. The number of aryl methyl sites for hydroxylation is 1. The van der Waals surface area contributed by atoms with Crippen LogP contribution in [0.4, 0.5) is 0 Å². The Morgan fingerprint density at radius 1 is 1.12 bits per heavy atom. The topological polar surface area (TPSA) is 12.0 Å². The molecule has 16 heavy (non-hydrogen) atoms. The summed E-state index contributed by atoms with van der Waals surface area (Å²) in [6.45, 7) is 11.3. The smallest absolute Gasteiger partial charge is 0.0297 e.